The fourth-order valence-electron chi connectivity index (χ4n) is 1.38. The maximum absolute atomic E-state index is 11.6. The van der Waals surface area contributed by atoms with E-state index in [0.717, 1.165) is 0 Å². The maximum atomic E-state index is 11.6. The fraction of sp³-hybridized carbons (Fsp3) is 0.100. The van der Waals surface area contributed by atoms with Crippen molar-refractivity contribution >= 4 is 103 Å². The third-order valence-electron chi connectivity index (χ3n) is 2.20. The zero-order valence-electron chi connectivity index (χ0n) is 9.60. The molecule has 0 bridgehead atoms. The van der Waals surface area contributed by atoms with E-state index >= 15 is 0 Å². The predicted molar refractivity (Wildman–Crippen MR) is 101 cm³/mol. The number of anilines is 1. The summed E-state index contributed by atoms with van der Waals surface area (Å²) in [5, 5.41) is 2.54. The molecular weight excluding hydrogens is 626 g/mol. The van der Waals surface area contributed by atoms with E-state index in [2.05, 4.69) is 5.32 Å². The topological polar surface area (TPSA) is 115 Å². The third kappa shape index (κ3) is 3.65. The van der Waals surface area contributed by atoms with Crippen LogP contribution in [0.25, 0.3) is 0 Å². The Morgan fingerprint density at radius 3 is 1.65 bits per heavy atom. The number of alkyl halides is 1. The summed E-state index contributed by atoms with van der Waals surface area (Å²) in [5.41, 5.74) is 11.2. The first-order chi connectivity index (χ1) is 9.22. The van der Waals surface area contributed by atoms with E-state index in [9.17, 15) is 14.4 Å². The molecule has 20 heavy (non-hydrogen) atoms. The highest BCUT2D eigenvalue weighted by atomic mass is 127. The number of halogens is 4. The zero-order valence-corrected chi connectivity index (χ0v) is 16.8. The number of amides is 3. The van der Waals surface area contributed by atoms with Crippen LogP contribution in [0.5, 0.6) is 0 Å². The zero-order chi connectivity index (χ0) is 15.6. The Morgan fingerprint density at radius 1 is 0.950 bits per heavy atom. The van der Waals surface area contributed by atoms with Crippen LogP contribution in [0.3, 0.4) is 0 Å². The second-order valence-electron chi connectivity index (χ2n) is 3.48. The van der Waals surface area contributed by atoms with E-state index in [1.165, 1.54) is 0 Å². The second kappa shape index (κ2) is 7.40. The minimum absolute atomic E-state index is 0.144. The van der Waals surface area contributed by atoms with Gasteiger partial charge in [-0.2, -0.15) is 0 Å². The van der Waals surface area contributed by atoms with Gasteiger partial charge in [0.05, 0.1) is 24.0 Å². The lowest BCUT2D eigenvalue weighted by Gasteiger charge is -2.16. The molecule has 0 aromatic heterocycles. The van der Waals surface area contributed by atoms with E-state index in [1.54, 1.807) is 0 Å². The summed E-state index contributed by atoms with van der Waals surface area (Å²) in [6, 6.07) is 0. The average molecular weight is 633 g/mol. The van der Waals surface area contributed by atoms with E-state index in [1.807, 2.05) is 67.8 Å². The van der Waals surface area contributed by atoms with Crippen molar-refractivity contribution in [3.8, 4) is 0 Å². The maximum Gasteiger partial charge on any atom is 0.250 e. The number of nitrogens with two attached hydrogens (primary N) is 2. The molecule has 0 aliphatic heterocycles. The molecule has 0 saturated carbocycles. The standard InChI is InChI=1S/C10H7ClI3N3O3/c11-1-2(18)17-8-6(13)3(9(15)19)5(12)4(7(8)14)10(16)20/h1H2,(H2,15,19)(H2,16,20)(H,17,18). The van der Waals surface area contributed by atoms with Crippen molar-refractivity contribution in [3.05, 3.63) is 21.8 Å². The van der Waals surface area contributed by atoms with Crippen LogP contribution in [0.15, 0.2) is 0 Å². The Morgan fingerprint density at radius 2 is 1.35 bits per heavy atom. The van der Waals surface area contributed by atoms with Crippen molar-refractivity contribution in [1.82, 2.24) is 0 Å². The smallest absolute Gasteiger partial charge is 0.250 e. The normalized spacial score (nSPS) is 10.2. The van der Waals surface area contributed by atoms with Gasteiger partial charge in [-0.1, -0.05) is 0 Å². The van der Waals surface area contributed by atoms with Gasteiger partial charge in [-0.05, 0) is 67.8 Å². The minimum Gasteiger partial charge on any atom is -0.366 e. The number of benzene rings is 1. The Labute approximate surface area is 160 Å². The van der Waals surface area contributed by atoms with Crippen molar-refractivity contribution in [3.63, 3.8) is 0 Å². The molecule has 0 aliphatic carbocycles. The first-order valence-corrected chi connectivity index (χ1v) is 8.65. The molecule has 1 aromatic rings. The van der Waals surface area contributed by atoms with Crippen molar-refractivity contribution in [1.29, 1.82) is 0 Å². The van der Waals surface area contributed by atoms with Gasteiger partial charge in [0.15, 0.2) is 0 Å². The molecule has 6 nitrogen and oxygen atoms in total. The lowest BCUT2D eigenvalue weighted by Crippen LogP contribution is -2.25. The number of primary amides is 2. The van der Waals surface area contributed by atoms with Crippen molar-refractivity contribution in [2.45, 2.75) is 0 Å². The van der Waals surface area contributed by atoms with Gasteiger partial charge in [-0.3, -0.25) is 14.4 Å². The lowest BCUT2D eigenvalue weighted by atomic mass is 10.1. The van der Waals surface area contributed by atoms with E-state index in [4.69, 9.17) is 23.1 Å². The van der Waals surface area contributed by atoms with Crippen LogP contribution < -0.4 is 16.8 Å². The molecule has 3 amide bonds. The number of carbonyl (C=O) groups is 3. The van der Waals surface area contributed by atoms with Gasteiger partial charge in [0, 0.05) is 3.57 Å². The Hall–Kier alpha value is 0.110. The van der Waals surface area contributed by atoms with Crippen LogP contribution in [0, 0.1) is 10.7 Å². The molecule has 1 rings (SSSR count). The summed E-state index contributed by atoms with van der Waals surface area (Å²) in [6.45, 7) is 0. The highest BCUT2D eigenvalue weighted by molar-refractivity contribution is 14.1. The van der Waals surface area contributed by atoms with Gasteiger partial charge in [-0.25, -0.2) is 0 Å². The van der Waals surface area contributed by atoms with Gasteiger partial charge >= 0.3 is 0 Å². The van der Waals surface area contributed by atoms with E-state index in [0.29, 0.717) is 16.4 Å². The van der Waals surface area contributed by atoms with Crippen LogP contribution in [0.2, 0.25) is 0 Å². The predicted octanol–water partition coefficient (Wildman–Crippen LogP) is 1.88. The molecule has 0 aliphatic rings. The molecule has 5 N–H and O–H groups in total. The van der Waals surface area contributed by atoms with E-state index < -0.39 is 17.7 Å². The molecule has 0 spiro atoms. The third-order valence-corrected chi connectivity index (χ3v) is 5.67. The fourth-order valence-corrected chi connectivity index (χ4v) is 5.95. The summed E-state index contributed by atoms with van der Waals surface area (Å²) in [6.07, 6.45) is 0. The highest BCUT2D eigenvalue weighted by Crippen LogP contribution is 2.35. The molecule has 0 heterocycles. The second-order valence-corrected chi connectivity index (χ2v) is 6.98. The Balaban J connectivity index is 3.71. The molecule has 0 unspecified atom stereocenters. The molecule has 0 atom stereocenters. The molecule has 0 fully saturated rings. The van der Waals surface area contributed by atoms with Crippen LogP contribution in [0.4, 0.5) is 5.69 Å². The minimum atomic E-state index is -0.709. The first-order valence-electron chi connectivity index (χ1n) is 4.88. The number of carbonyl (C=O) groups excluding carboxylic acids is 3. The van der Waals surface area contributed by atoms with Gasteiger partial charge in [-0.15, -0.1) is 11.6 Å². The number of hydrogen-bond donors (Lipinski definition) is 3. The first kappa shape index (κ1) is 18.2. The van der Waals surface area contributed by atoms with E-state index in [-0.39, 0.29) is 17.0 Å². The molecule has 1 aromatic carbocycles. The Bertz CT molecular complexity index is 580. The summed E-state index contributed by atoms with van der Waals surface area (Å²) in [7, 11) is 0. The summed E-state index contributed by atoms with van der Waals surface area (Å²) >= 11 is 11.0. The number of nitrogens with one attached hydrogen (secondary N) is 1. The van der Waals surface area contributed by atoms with Gasteiger partial charge in [0.2, 0.25) is 5.91 Å². The van der Waals surface area contributed by atoms with Crippen LogP contribution in [0.1, 0.15) is 20.7 Å². The van der Waals surface area contributed by atoms with Crippen molar-refractivity contribution in [2.24, 2.45) is 11.5 Å². The Kier molecular flexibility index (Phi) is 6.72. The summed E-state index contributed by atoms with van der Waals surface area (Å²) in [5.74, 6) is -2.14. The van der Waals surface area contributed by atoms with Crippen LogP contribution in [-0.4, -0.2) is 23.6 Å². The average Bonchev–Trinajstić information content (AvgIpc) is 2.33. The molecule has 0 radical (unpaired) electrons. The summed E-state index contributed by atoms with van der Waals surface area (Å²) in [4.78, 5) is 34.6. The summed E-state index contributed by atoms with van der Waals surface area (Å²) < 4.78 is 1.24. The van der Waals surface area contributed by atoms with Crippen LogP contribution in [-0.2, 0) is 4.79 Å². The van der Waals surface area contributed by atoms with Gasteiger partial charge in [0.25, 0.3) is 11.8 Å². The molecule has 10 heteroatoms. The number of rotatable bonds is 4. The number of hydrogen-bond acceptors (Lipinski definition) is 3. The van der Waals surface area contributed by atoms with Gasteiger partial charge < -0.3 is 16.8 Å². The largest absolute Gasteiger partial charge is 0.366 e. The van der Waals surface area contributed by atoms with Crippen LogP contribution >= 0.6 is 79.4 Å². The van der Waals surface area contributed by atoms with Gasteiger partial charge in [0.1, 0.15) is 5.88 Å². The molecule has 108 valence electrons. The van der Waals surface area contributed by atoms with Crippen molar-refractivity contribution in [2.75, 3.05) is 11.2 Å². The highest BCUT2D eigenvalue weighted by Gasteiger charge is 2.26. The lowest BCUT2D eigenvalue weighted by molar-refractivity contribution is -0.113. The SMILES string of the molecule is NC(=O)c1c(I)c(NC(=O)CCl)c(I)c(C(N)=O)c1I. The van der Waals surface area contributed by atoms with Crippen molar-refractivity contribution < 1.29 is 14.4 Å². The quantitative estimate of drug-likeness (QED) is 0.348. The monoisotopic (exact) mass is 633 g/mol. The molecular formula is C10H7ClI3N3O3. The molecule has 0 saturated heterocycles.